The van der Waals surface area contributed by atoms with Crippen LogP contribution in [0, 0.1) is 0 Å². The second-order valence-corrected chi connectivity index (χ2v) is 7.31. The minimum absolute atomic E-state index is 0.113. The van der Waals surface area contributed by atoms with Gasteiger partial charge in [-0.15, -0.1) is 5.10 Å². The second-order valence-electron chi connectivity index (χ2n) is 7.31. The van der Waals surface area contributed by atoms with Crippen LogP contribution in [0.4, 0.5) is 5.69 Å². The summed E-state index contributed by atoms with van der Waals surface area (Å²) in [6, 6.07) is 15.1. The van der Waals surface area contributed by atoms with E-state index in [-0.39, 0.29) is 11.5 Å². The third-order valence-electron chi connectivity index (χ3n) is 5.44. The molecule has 1 aliphatic heterocycles. The number of piperazine rings is 1. The number of carbonyl (C=O) groups is 1. The minimum Gasteiger partial charge on any atom is -0.497 e. The molecule has 1 amide bonds. The minimum atomic E-state index is -0.167. The largest absolute Gasteiger partial charge is 0.497 e. The summed E-state index contributed by atoms with van der Waals surface area (Å²) >= 11 is 0. The molecule has 3 aromatic rings. The molecule has 2 aromatic carbocycles. The van der Waals surface area contributed by atoms with Gasteiger partial charge in [-0.1, -0.05) is 23.4 Å². The number of anilines is 1. The lowest BCUT2D eigenvalue weighted by Crippen LogP contribution is -2.48. The number of amides is 1. The molecule has 1 aromatic heterocycles. The Balaban J connectivity index is 1.28. The Kier molecular flexibility index (Phi) is 5.92. The molecule has 156 valence electrons. The molecule has 4 rings (SSSR count). The van der Waals surface area contributed by atoms with Gasteiger partial charge in [0.2, 0.25) is 5.91 Å². The van der Waals surface area contributed by atoms with Crippen molar-refractivity contribution in [2.24, 2.45) is 0 Å². The number of methoxy groups -OCH3 is 1. The van der Waals surface area contributed by atoms with E-state index in [0.29, 0.717) is 43.4 Å². The fourth-order valence-electron chi connectivity index (χ4n) is 3.73. The molecule has 0 unspecified atom stereocenters. The molecule has 1 saturated heterocycles. The van der Waals surface area contributed by atoms with Crippen molar-refractivity contribution in [2.45, 2.75) is 19.4 Å². The highest BCUT2D eigenvalue weighted by molar-refractivity contribution is 5.77. The van der Waals surface area contributed by atoms with Crippen molar-refractivity contribution in [2.75, 3.05) is 38.2 Å². The van der Waals surface area contributed by atoms with Crippen molar-refractivity contribution in [3.63, 3.8) is 0 Å². The smallest absolute Gasteiger partial charge is 0.277 e. The molecule has 8 nitrogen and oxygen atoms in total. The summed E-state index contributed by atoms with van der Waals surface area (Å²) in [4.78, 5) is 29.2. The number of hydrogen-bond donors (Lipinski definition) is 0. The van der Waals surface area contributed by atoms with Gasteiger partial charge in [0.05, 0.1) is 12.5 Å². The number of aromatic nitrogens is 3. The zero-order chi connectivity index (χ0) is 20.9. The Morgan fingerprint density at radius 2 is 1.87 bits per heavy atom. The Morgan fingerprint density at radius 3 is 2.67 bits per heavy atom. The molecule has 0 spiro atoms. The molecule has 0 radical (unpaired) electrons. The molecule has 1 fully saturated rings. The van der Waals surface area contributed by atoms with Gasteiger partial charge >= 0.3 is 0 Å². The number of nitrogens with zero attached hydrogens (tertiary/aromatic N) is 5. The van der Waals surface area contributed by atoms with Gasteiger partial charge in [0.25, 0.3) is 5.56 Å². The first-order valence-corrected chi connectivity index (χ1v) is 10.1. The number of hydrogen-bond acceptors (Lipinski definition) is 6. The first-order valence-electron chi connectivity index (χ1n) is 10.1. The standard InChI is InChI=1S/C22H25N5O3/c1-30-18-7-4-6-17(16-18)25-12-14-26(15-13-25)21(28)10-5-11-27-22(29)19-8-2-3-9-20(19)23-24-27/h2-4,6-9,16H,5,10-15H2,1H3. The molecular weight excluding hydrogens is 382 g/mol. The maximum Gasteiger partial charge on any atom is 0.277 e. The Labute approximate surface area is 174 Å². The van der Waals surface area contributed by atoms with E-state index in [1.807, 2.05) is 35.2 Å². The van der Waals surface area contributed by atoms with Gasteiger partial charge < -0.3 is 14.5 Å². The molecule has 0 bridgehead atoms. The molecule has 0 N–H and O–H groups in total. The van der Waals surface area contributed by atoms with Crippen LogP contribution in [0.3, 0.4) is 0 Å². The summed E-state index contributed by atoms with van der Waals surface area (Å²) in [6.07, 6.45) is 0.946. The summed E-state index contributed by atoms with van der Waals surface area (Å²) in [6.45, 7) is 3.33. The van der Waals surface area contributed by atoms with Gasteiger partial charge in [0.15, 0.2) is 0 Å². The van der Waals surface area contributed by atoms with Gasteiger partial charge in [0.1, 0.15) is 11.3 Å². The van der Waals surface area contributed by atoms with Crippen LogP contribution >= 0.6 is 0 Å². The normalized spacial score (nSPS) is 14.2. The summed E-state index contributed by atoms with van der Waals surface area (Å²) in [7, 11) is 1.66. The summed E-state index contributed by atoms with van der Waals surface area (Å²) in [5.41, 5.74) is 1.53. The van der Waals surface area contributed by atoms with Gasteiger partial charge in [-0.05, 0) is 30.7 Å². The predicted octanol–water partition coefficient (Wildman–Crippen LogP) is 1.93. The quantitative estimate of drug-likeness (QED) is 0.621. The lowest BCUT2D eigenvalue weighted by molar-refractivity contribution is -0.131. The van der Waals surface area contributed by atoms with E-state index in [1.54, 1.807) is 19.2 Å². The molecule has 0 aliphatic carbocycles. The Morgan fingerprint density at radius 1 is 1.07 bits per heavy atom. The molecule has 0 atom stereocenters. The van der Waals surface area contributed by atoms with E-state index in [2.05, 4.69) is 21.3 Å². The van der Waals surface area contributed by atoms with E-state index in [4.69, 9.17) is 4.74 Å². The number of rotatable bonds is 6. The van der Waals surface area contributed by atoms with Crippen molar-refractivity contribution in [3.8, 4) is 5.75 Å². The SMILES string of the molecule is COc1cccc(N2CCN(C(=O)CCCn3nnc4ccccc4c3=O)CC2)c1. The van der Waals surface area contributed by atoms with E-state index < -0.39 is 0 Å². The first-order chi connectivity index (χ1) is 14.7. The summed E-state index contributed by atoms with van der Waals surface area (Å²) < 4.78 is 6.64. The summed E-state index contributed by atoms with van der Waals surface area (Å²) in [5.74, 6) is 0.945. The van der Waals surface area contributed by atoms with Crippen LogP contribution in [-0.2, 0) is 11.3 Å². The van der Waals surface area contributed by atoms with Crippen LogP contribution < -0.4 is 15.2 Å². The first kappa shape index (κ1) is 19.9. The number of benzene rings is 2. The maximum absolute atomic E-state index is 12.6. The molecule has 1 aliphatic rings. The van der Waals surface area contributed by atoms with Crippen LogP contribution in [-0.4, -0.2) is 59.1 Å². The average molecular weight is 407 g/mol. The maximum atomic E-state index is 12.6. The van der Waals surface area contributed by atoms with Crippen molar-refractivity contribution in [3.05, 3.63) is 58.9 Å². The summed E-state index contributed by atoms with van der Waals surface area (Å²) in [5, 5.41) is 8.62. The van der Waals surface area contributed by atoms with Gasteiger partial charge in [-0.2, -0.15) is 0 Å². The van der Waals surface area contributed by atoms with Crippen LogP contribution in [0.5, 0.6) is 5.75 Å². The topological polar surface area (TPSA) is 80.6 Å². The third-order valence-corrected chi connectivity index (χ3v) is 5.44. The molecule has 30 heavy (non-hydrogen) atoms. The lowest BCUT2D eigenvalue weighted by atomic mass is 10.2. The number of carbonyl (C=O) groups excluding carboxylic acids is 1. The van der Waals surface area contributed by atoms with Crippen molar-refractivity contribution >= 4 is 22.5 Å². The van der Waals surface area contributed by atoms with Gasteiger partial charge in [-0.3, -0.25) is 9.59 Å². The van der Waals surface area contributed by atoms with Crippen LogP contribution in [0.15, 0.2) is 53.3 Å². The average Bonchev–Trinajstić information content (AvgIpc) is 2.81. The highest BCUT2D eigenvalue weighted by atomic mass is 16.5. The number of fused-ring (bicyclic) bond motifs is 1. The highest BCUT2D eigenvalue weighted by Gasteiger charge is 2.21. The van der Waals surface area contributed by atoms with Crippen molar-refractivity contribution < 1.29 is 9.53 Å². The van der Waals surface area contributed by atoms with Gasteiger partial charge in [-0.25, -0.2) is 4.68 Å². The Bertz CT molecular complexity index is 1090. The van der Waals surface area contributed by atoms with E-state index >= 15 is 0 Å². The zero-order valence-electron chi connectivity index (χ0n) is 17.0. The second kappa shape index (κ2) is 8.94. The zero-order valence-corrected chi connectivity index (χ0v) is 17.0. The highest BCUT2D eigenvalue weighted by Crippen LogP contribution is 2.22. The van der Waals surface area contributed by atoms with Crippen LogP contribution in [0.1, 0.15) is 12.8 Å². The predicted molar refractivity (Wildman–Crippen MR) is 115 cm³/mol. The fourth-order valence-corrected chi connectivity index (χ4v) is 3.73. The van der Waals surface area contributed by atoms with Crippen LogP contribution in [0.25, 0.3) is 10.9 Å². The number of ether oxygens (including phenoxy) is 1. The molecule has 2 heterocycles. The van der Waals surface area contributed by atoms with E-state index in [1.165, 1.54) is 4.68 Å². The van der Waals surface area contributed by atoms with E-state index in [9.17, 15) is 9.59 Å². The molecule has 8 heteroatoms. The van der Waals surface area contributed by atoms with Crippen LogP contribution in [0.2, 0.25) is 0 Å². The third kappa shape index (κ3) is 4.27. The fraction of sp³-hybridized carbons (Fsp3) is 0.364. The number of aryl methyl sites for hydroxylation is 1. The molecular formula is C22H25N5O3. The van der Waals surface area contributed by atoms with E-state index in [0.717, 1.165) is 24.5 Å². The molecule has 0 saturated carbocycles. The van der Waals surface area contributed by atoms with Crippen molar-refractivity contribution in [1.29, 1.82) is 0 Å². The Hall–Kier alpha value is -3.42. The lowest BCUT2D eigenvalue weighted by Gasteiger charge is -2.36. The van der Waals surface area contributed by atoms with Crippen molar-refractivity contribution in [1.82, 2.24) is 19.9 Å². The van der Waals surface area contributed by atoms with Gasteiger partial charge in [0, 0.05) is 50.9 Å². The monoisotopic (exact) mass is 407 g/mol.